The van der Waals surface area contributed by atoms with Crippen molar-refractivity contribution in [2.45, 2.75) is 45.3 Å². The Morgan fingerprint density at radius 3 is 2.72 bits per heavy atom. The first-order valence-electron chi connectivity index (χ1n) is 8.78. The fraction of sp³-hybridized carbons (Fsp3) is 0.400. The molecule has 1 aliphatic carbocycles. The fourth-order valence-electron chi connectivity index (χ4n) is 3.63. The summed E-state index contributed by atoms with van der Waals surface area (Å²) in [5.41, 5.74) is 1.83. The molecule has 5 heteroatoms. The van der Waals surface area contributed by atoms with E-state index in [1.165, 1.54) is 27.8 Å². The van der Waals surface area contributed by atoms with E-state index < -0.39 is 5.60 Å². The van der Waals surface area contributed by atoms with E-state index in [-0.39, 0.29) is 0 Å². The maximum absolute atomic E-state index is 10.5. The Labute approximate surface area is 152 Å². The highest BCUT2D eigenvalue weighted by molar-refractivity contribution is 7.19. The highest BCUT2D eigenvalue weighted by Gasteiger charge is 2.26. The number of nitrogens with zero attached hydrogens (tertiary/aromatic N) is 3. The van der Waals surface area contributed by atoms with Crippen molar-refractivity contribution in [3.63, 3.8) is 0 Å². The van der Waals surface area contributed by atoms with Crippen molar-refractivity contribution in [3.05, 3.63) is 52.7 Å². The van der Waals surface area contributed by atoms with Gasteiger partial charge in [0.2, 0.25) is 0 Å². The van der Waals surface area contributed by atoms with Gasteiger partial charge >= 0.3 is 0 Å². The Balaban J connectivity index is 1.80. The van der Waals surface area contributed by atoms with Gasteiger partial charge in [0.25, 0.3) is 0 Å². The van der Waals surface area contributed by atoms with Gasteiger partial charge in [-0.2, -0.15) is 0 Å². The summed E-state index contributed by atoms with van der Waals surface area (Å²) in [5.74, 6) is 0.954. The predicted molar refractivity (Wildman–Crippen MR) is 103 cm³/mol. The first kappa shape index (κ1) is 16.5. The zero-order valence-corrected chi connectivity index (χ0v) is 15.5. The van der Waals surface area contributed by atoms with Gasteiger partial charge in [0.05, 0.1) is 11.0 Å². The number of rotatable bonds is 5. The maximum Gasteiger partial charge on any atom is 0.141 e. The van der Waals surface area contributed by atoms with Crippen molar-refractivity contribution >= 4 is 27.4 Å². The number of aliphatic hydroxyl groups is 1. The van der Waals surface area contributed by atoms with E-state index in [4.69, 9.17) is 0 Å². The molecule has 0 unspecified atom stereocenters. The van der Waals surface area contributed by atoms with Crippen molar-refractivity contribution in [1.82, 2.24) is 9.97 Å². The average molecular weight is 353 g/mol. The van der Waals surface area contributed by atoms with Crippen LogP contribution < -0.4 is 4.90 Å². The number of anilines is 1. The summed E-state index contributed by atoms with van der Waals surface area (Å²) in [6.45, 7) is 4.95. The lowest BCUT2D eigenvalue weighted by Gasteiger charge is -2.30. The van der Waals surface area contributed by atoms with E-state index in [0.29, 0.717) is 6.54 Å². The number of fused-ring (bicyclic) bond motifs is 3. The van der Waals surface area contributed by atoms with E-state index in [2.05, 4.69) is 39.1 Å². The molecule has 130 valence electrons. The third-order valence-electron chi connectivity index (χ3n) is 4.57. The fourth-order valence-corrected chi connectivity index (χ4v) is 4.85. The summed E-state index contributed by atoms with van der Waals surface area (Å²) in [5, 5.41) is 11.7. The molecule has 2 aromatic heterocycles. The molecule has 25 heavy (non-hydrogen) atoms. The SMILES string of the molecule is CC(C)(O)CN(Cc1ccccc1)c1ncnc2sc3c(c12)CCC3. The van der Waals surface area contributed by atoms with Gasteiger partial charge in [-0.3, -0.25) is 0 Å². The minimum atomic E-state index is -0.800. The number of aryl methyl sites for hydroxylation is 2. The minimum absolute atomic E-state index is 0.526. The van der Waals surface area contributed by atoms with Gasteiger partial charge < -0.3 is 10.0 Å². The number of benzene rings is 1. The molecular weight excluding hydrogens is 330 g/mol. The molecule has 0 saturated carbocycles. The number of aromatic nitrogens is 2. The van der Waals surface area contributed by atoms with Crippen LogP contribution in [-0.4, -0.2) is 27.2 Å². The molecule has 0 amide bonds. The monoisotopic (exact) mass is 353 g/mol. The summed E-state index contributed by atoms with van der Waals surface area (Å²) in [6, 6.07) is 10.4. The molecule has 0 aliphatic heterocycles. The smallest absolute Gasteiger partial charge is 0.141 e. The summed E-state index contributed by atoms with van der Waals surface area (Å²) in [6.07, 6.45) is 5.14. The number of hydrogen-bond acceptors (Lipinski definition) is 5. The molecule has 2 heterocycles. The second kappa shape index (κ2) is 6.39. The summed E-state index contributed by atoms with van der Waals surface area (Å²) >= 11 is 1.80. The lowest BCUT2D eigenvalue weighted by molar-refractivity contribution is 0.0869. The molecular formula is C20H23N3OS. The van der Waals surface area contributed by atoms with E-state index in [0.717, 1.165) is 30.0 Å². The average Bonchev–Trinajstić information content (AvgIpc) is 3.14. The van der Waals surface area contributed by atoms with Gasteiger partial charge in [0.1, 0.15) is 17.0 Å². The van der Waals surface area contributed by atoms with Crippen LogP contribution in [0.5, 0.6) is 0 Å². The molecule has 0 bridgehead atoms. The normalized spacial score (nSPS) is 14.0. The standard InChI is InChI=1S/C20H23N3OS/c1-20(2,24)12-23(11-14-7-4-3-5-8-14)18-17-15-9-6-10-16(15)25-19(17)22-13-21-18/h3-5,7-8,13,24H,6,9-12H2,1-2H3. The molecule has 0 spiro atoms. The first-order chi connectivity index (χ1) is 12.0. The molecule has 4 rings (SSSR count). The Morgan fingerprint density at radius 1 is 1.16 bits per heavy atom. The highest BCUT2D eigenvalue weighted by Crippen LogP contribution is 2.40. The minimum Gasteiger partial charge on any atom is -0.389 e. The van der Waals surface area contributed by atoms with E-state index in [1.54, 1.807) is 17.7 Å². The number of hydrogen-bond donors (Lipinski definition) is 1. The molecule has 3 aromatic rings. The van der Waals surface area contributed by atoms with E-state index in [1.807, 2.05) is 19.9 Å². The Bertz CT molecular complexity index is 883. The maximum atomic E-state index is 10.5. The molecule has 0 saturated heterocycles. The van der Waals surface area contributed by atoms with E-state index in [9.17, 15) is 5.11 Å². The zero-order chi connectivity index (χ0) is 17.4. The van der Waals surface area contributed by atoms with E-state index >= 15 is 0 Å². The van der Waals surface area contributed by atoms with Crippen molar-refractivity contribution in [2.24, 2.45) is 0 Å². The second-order valence-corrected chi connectivity index (χ2v) is 8.47. The predicted octanol–water partition coefficient (Wildman–Crippen LogP) is 3.96. The zero-order valence-electron chi connectivity index (χ0n) is 14.7. The number of thiophene rings is 1. The van der Waals surface area contributed by atoms with Crippen molar-refractivity contribution in [3.8, 4) is 0 Å². The van der Waals surface area contributed by atoms with Gasteiger partial charge in [0.15, 0.2) is 0 Å². The lowest BCUT2D eigenvalue weighted by Crippen LogP contribution is -2.39. The molecule has 1 aromatic carbocycles. The van der Waals surface area contributed by atoms with Crippen LogP contribution in [-0.2, 0) is 19.4 Å². The van der Waals surface area contributed by atoms with Gasteiger partial charge in [-0.05, 0) is 44.2 Å². The molecule has 1 aliphatic rings. The molecule has 0 atom stereocenters. The van der Waals surface area contributed by atoms with Gasteiger partial charge in [0, 0.05) is 18.0 Å². The Kier molecular flexibility index (Phi) is 4.21. The first-order valence-corrected chi connectivity index (χ1v) is 9.59. The van der Waals surface area contributed by atoms with Gasteiger partial charge in [-0.25, -0.2) is 9.97 Å². The van der Waals surface area contributed by atoms with Crippen LogP contribution in [0.25, 0.3) is 10.2 Å². The third kappa shape index (κ3) is 3.39. The molecule has 4 nitrogen and oxygen atoms in total. The molecule has 0 radical (unpaired) electrons. The van der Waals surface area contributed by atoms with Crippen LogP contribution in [0, 0.1) is 0 Å². The topological polar surface area (TPSA) is 49.2 Å². The van der Waals surface area contributed by atoms with Crippen LogP contribution in [0.15, 0.2) is 36.7 Å². The second-order valence-electron chi connectivity index (χ2n) is 7.39. The van der Waals surface area contributed by atoms with Gasteiger partial charge in [-0.15, -0.1) is 11.3 Å². The van der Waals surface area contributed by atoms with Crippen LogP contribution in [0.2, 0.25) is 0 Å². The summed E-state index contributed by atoms with van der Waals surface area (Å²) in [4.78, 5) is 13.9. The Hall–Kier alpha value is -1.98. The summed E-state index contributed by atoms with van der Waals surface area (Å²) < 4.78 is 0. The third-order valence-corrected chi connectivity index (χ3v) is 5.77. The van der Waals surface area contributed by atoms with Crippen molar-refractivity contribution in [1.29, 1.82) is 0 Å². The lowest BCUT2D eigenvalue weighted by atomic mass is 10.1. The van der Waals surface area contributed by atoms with Gasteiger partial charge in [-0.1, -0.05) is 30.3 Å². The largest absolute Gasteiger partial charge is 0.389 e. The highest BCUT2D eigenvalue weighted by atomic mass is 32.1. The quantitative estimate of drug-likeness (QED) is 0.754. The van der Waals surface area contributed by atoms with Crippen molar-refractivity contribution in [2.75, 3.05) is 11.4 Å². The van der Waals surface area contributed by atoms with Crippen LogP contribution in [0.4, 0.5) is 5.82 Å². The summed E-state index contributed by atoms with van der Waals surface area (Å²) in [7, 11) is 0. The van der Waals surface area contributed by atoms with Crippen LogP contribution in [0.1, 0.15) is 36.3 Å². The van der Waals surface area contributed by atoms with Crippen molar-refractivity contribution < 1.29 is 5.11 Å². The molecule has 0 fully saturated rings. The van der Waals surface area contributed by atoms with Crippen LogP contribution >= 0.6 is 11.3 Å². The van der Waals surface area contributed by atoms with Crippen LogP contribution in [0.3, 0.4) is 0 Å². The molecule has 1 N–H and O–H groups in total. The Morgan fingerprint density at radius 2 is 1.96 bits per heavy atom.